The van der Waals surface area contributed by atoms with Crippen LogP contribution in [-0.4, -0.2) is 65.6 Å². The summed E-state index contributed by atoms with van der Waals surface area (Å²) >= 11 is 13.1. The zero-order valence-electron chi connectivity index (χ0n) is 22.6. The third-order valence-electron chi connectivity index (χ3n) is 6.69. The van der Waals surface area contributed by atoms with Gasteiger partial charge < -0.3 is 30.6 Å². The van der Waals surface area contributed by atoms with E-state index in [1.807, 2.05) is 0 Å². The molecule has 1 aromatic carbocycles. The highest BCUT2D eigenvalue weighted by atomic mass is 35.5. The number of alkyl halides is 2. The van der Waals surface area contributed by atoms with E-state index in [4.69, 9.17) is 48.5 Å². The molecule has 1 aliphatic heterocycles. The molecule has 1 saturated heterocycles. The highest BCUT2D eigenvalue weighted by molar-refractivity contribution is 7.54. The fourth-order valence-corrected chi connectivity index (χ4v) is 6.90. The molecule has 0 aliphatic carbocycles. The molecule has 41 heavy (non-hydrogen) atoms. The number of anilines is 2. The number of aliphatic hydroxyl groups excluding tert-OH is 1. The number of hydrogen-bond donors (Lipinski definition) is 3. The van der Waals surface area contributed by atoms with Crippen LogP contribution in [0.1, 0.15) is 44.6 Å². The Hall–Kier alpha value is -2.80. The highest BCUT2D eigenvalue weighted by Crippen LogP contribution is 2.54. The minimum absolute atomic E-state index is 0.0122. The normalized spacial score (nSPS) is 22.3. The quantitative estimate of drug-likeness (QED) is 0.196. The van der Waals surface area contributed by atoms with Crippen molar-refractivity contribution in [3.05, 3.63) is 41.7 Å². The maximum atomic E-state index is 14.0. The number of hydrogen-bond acceptors (Lipinski definition) is 12. The molecule has 1 aliphatic rings. The number of fused-ring (bicyclic) bond motifs is 1. The van der Waals surface area contributed by atoms with E-state index in [0.717, 1.165) is 0 Å². The van der Waals surface area contributed by atoms with Gasteiger partial charge in [0, 0.05) is 12.3 Å². The summed E-state index contributed by atoms with van der Waals surface area (Å²) < 4.78 is 31.1. The van der Waals surface area contributed by atoms with E-state index >= 15 is 0 Å². The summed E-state index contributed by atoms with van der Waals surface area (Å²) in [5.74, 6) is -0.764. The van der Waals surface area contributed by atoms with Crippen LogP contribution < -0.4 is 16.0 Å². The molecule has 0 amide bonds. The Morgan fingerprint density at radius 3 is 2.66 bits per heavy atom. The standard InChI is InChI=1S/C25H31Cl2N6O7P/c1-13(15(3)35)12-41(37,40-18-7-5-4-6-16(18)9-8-14(2)34)38-11-19-20(36)25(26,27)21(39-19)17-10-30-23-22(28)31-24(29)32-33(17)23/h4-7,10,13,19-21,36H,8-9,11-12H2,1-3H3,(H4,28,29,31,32)/t13-,19-,20+,21+,41?/m1/s1. The molecule has 0 saturated carbocycles. The zero-order chi connectivity index (χ0) is 30.1. The van der Waals surface area contributed by atoms with E-state index in [2.05, 4.69) is 15.1 Å². The van der Waals surface area contributed by atoms with Crippen molar-refractivity contribution in [2.75, 3.05) is 24.2 Å². The van der Waals surface area contributed by atoms with E-state index in [-0.39, 0.29) is 53.0 Å². The largest absolute Gasteiger partial charge is 0.424 e. The van der Waals surface area contributed by atoms with Crippen LogP contribution in [0.3, 0.4) is 0 Å². The number of ketones is 2. The lowest BCUT2D eigenvalue weighted by Crippen LogP contribution is -2.37. The lowest BCUT2D eigenvalue weighted by atomic mass is 10.1. The maximum Gasteiger partial charge on any atom is 0.380 e. The minimum Gasteiger partial charge on any atom is -0.424 e. The molecule has 0 spiro atoms. The topological polar surface area (TPSA) is 194 Å². The number of benzene rings is 1. The molecule has 3 heterocycles. The van der Waals surface area contributed by atoms with Crippen molar-refractivity contribution in [2.24, 2.45) is 5.92 Å². The number of Topliss-reactive ketones (excluding diaryl/α,β-unsaturated/α-hetero) is 2. The minimum atomic E-state index is -4.03. The van der Waals surface area contributed by atoms with E-state index in [1.165, 1.54) is 24.6 Å². The monoisotopic (exact) mass is 628 g/mol. The molecule has 2 aromatic heterocycles. The van der Waals surface area contributed by atoms with Crippen LogP contribution in [0.5, 0.6) is 5.75 Å². The van der Waals surface area contributed by atoms with Crippen LogP contribution in [0.15, 0.2) is 30.5 Å². The van der Waals surface area contributed by atoms with E-state index in [1.54, 1.807) is 31.2 Å². The fraction of sp³-hybridized carbons (Fsp3) is 0.480. The first-order valence-corrected chi connectivity index (χ1v) is 15.2. The molecule has 1 fully saturated rings. The number of carbonyl (C=O) groups is 2. The number of halogens is 2. The molecule has 3 aromatic rings. The van der Waals surface area contributed by atoms with Gasteiger partial charge in [-0.3, -0.25) is 9.32 Å². The lowest BCUT2D eigenvalue weighted by molar-refractivity contribution is -0.120. The fourth-order valence-electron chi connectivity index (χ4n) is 4.28. The summed E-state index contributed by atoms with van der Waals surface area (Å²) in [6, 6.07) is 6.81. The Balaban J connectivity index is 1.58. The number of nitrogens with zero attached hydrogens (tertiary/aromatic N) is 4. The van der Waals surface area contributed by atoms with Gasteiger partial charge in [-0.05, 0) is 31.9 Å². The van der Waals surface area contributed by atoms with E-state index < -0.39 is 42.8 Å². The molecule has 0 bridgehead atoms. The van der Waals surface area contributed by atoms with Crippen LogP contribution in [-0.2, 0) is 29.8 Å². The van der Waals surface area contributed by atoms with Crippen molar-refractivity contribution < 1.29 is 33.0 Å². The Bertz CT molecular complexity index is 1500. The summed E-state index contributed by atoms with van der Waals surface area (Å²) in [7, 11) is -4.03. The van der Waals surface area contributed by atoms with Gasteiger partial charge in [-0.15, -0.1) is 5.10 Å². The Labute approximate surface area is 246 Å². The maximum absolute atomic E-state index is 14.0. The van der Waals surface area contributed by atoms with Gasteiger partial charge in [0.25, 0.3) is 0 Å². The molecule has 222 valence electrons. The van der Waals surface area contributed by atoms with Crippen LogP contribution in [0, 0.1) is 5.92 Å². The van der Waals surface area contributed by atoms with Crippen LogP contribution >= 0.6 is 30.8 Å². The van der Waals surface area contributed by atoms with Crippen molar-refractivity contribution in [1.82, 2.24) is 19.6 Å². The van der Waals surface area contributed by atoms with Gasteiger partial charge in [0.15, 0.2) is 15.8 Å². The molecule has 1 unspecified atom stereocenters. The van der Waals surface area contributed by atoms with Crippen molar-refractivity contribution in [2.45, 2.75) is 56.3 Å². The molecule has 16 heteroatoms. The molecule has 5 atom stereocenters. The average Bonchev–Trinajstić information content (AvgIpc) is 3.40. The Morgan fingerprint density at radius 1 is 1.27 bits per heavy atom. The number of aliphatic hydroxyl groups is 1. The van der Waals surface area contributed by atoms with E-state index in [0.29, 0.717) is 12.0 Å². The molecule has 4 rings (SSSR count). The number of aryl methyl sites for hydroxylation is 1. The van der Waals surface area contributed by atoms with Crippen LogP contribution in [0.2, 0.25) is 0 Å². The average molecular weight is 629 g/mol. The number of carbonyl (C=O) groups excluding carboxylic acids is 2. The van der Waals surface area contributed by atoms with Gasteiger partial charge in [0.05, 0.1) is 24.7 Å². The Morgan fingerprint density at radius 2 is 1.98 bits per heavy atom. The third-order valence-corrected chi connectivity index (χ3v) is 9.55. The van der Waals surface area contributed by atoms with Gasteiger partial charge in [-0.25, -0.2) is 14.1 Å². The summed E-state index contributed by atoms with van der Waals surface area (Å²) in [5, 5.41) is 15.1. The molecular weight excluding hydrogens is 598 g/mol. The summed E-state index contributed by atoms with van der Waals surface area (Å²) in [5.41, 5.74) is 12.7. The second-order valence-corrected chi connectivity index (χ2v) is 13.4. The third kappa shape index (κ3) is 6.82. The van der Waals surface area contributed by atoms with E-state index in [9.17, 15) is 19.3 Å². The predicted octanol–water partition coefficient (Wildman–Crippen LogP) is 3.30. The molecule has 13 nitrogen and oxygen atoms in total. The van der Waals surface area contributed by atoms with Crippen LogP contribution in [0.25, 0.3) is 5.65 Å². The number of imidazole rings is 1. The lowest BCUT2D eigenvalue weighted by Gasteiger charge is -2.25. The number of nitrogen functional groups attached to an aromatic ring is 2. The van der Waals surface area contributed by atoms with Crippen molar-refractivity contribution in [3.8, 4) is 5.75 Å². The van der Waals surface area contributed by atoms with Crippen molar-refractivity contribution in [3.63, 3.8) is 0 Å². The highest BCUT2D eigenvalue weighted by Gasteiger charge is 2.56. The smallest absolute Gasteiger partial charge is 0.380 e. The van der Waals surface area contributed by atoms with Crippen molar-refractivity contribution >= 4 is 59.8 Å². The first-order chi connectivity index (χ1) is 19.2. The molecule has 0 radical (unpaired) electrons. The second-order valence-electron chi connectivity index (χ2n) is 9.95. The summed E-state index contributed by atoms with van der Waals surface area (Å²) in [6.07, 6.45) is -2.13. The number of ether oxygens (including phenoxy) is 1. The van der Waals surface area contributed by atoms with Gasteiger partial charge in [-0.2, -0.15) is 4.98 Å². The predicted molar refractivity (Wildman–Crippen MR) is 152 cm³/mol. The number of aromatic nitrogens is 4. The zero-order valence-corrected chi connectivity index (χ0v) is 25.0. The summed E-state index contributed by atoms with van der Waals surface area (Å²) in [4.78, 5) is 31.6. The molecular formula is C25H31Cl2N6O7P. The Kier molecular flexibility index (Phi) is 9.27. The van der Waals surface area contributed by atoms with Gasteiger partial charge in [-0.1, -0.05) is 48.3 Å². The van der Waals surface area contributed by atoms with Crippen molar-refractivity contribution in [1.29, 1.82) is 0 Å². The SMILES string of the molecule is CC(=O)CCc1ccccc1OP(=O)(C[C@@H](C)C(C)=O)OC[C@H]1O[C@@H](c2cnc3c(N)nc(N)nn23)C(Cl)(Cl)[C@H]1O. The first-order valence-electron chi connectivity index (χ1n) is 12.7. The van der Waals surface area contributed by atoms with Gasteiger partial charge in [0.1, 0.15) is 35.6 Å². The molecule has 5 N–H and O–H groups in total. The number of rotatable bonds is 12. The first kappa shape index (κ1) is 31.1. The summed E-state index contributed by atoms with van der Waals surface area (Å²) in [6.45, 7) is 4.00. The number of para-hydroxylation sites is 1. The van der Waals surface area contributed by atoms with Gasteiger partial charge in [0.2, 0.25) is 5.95 Å². The number of nitrogens with two attached hydrogens (primary N) is 2. The van der Waals surface area contributed by atoms with Crippen LogP contribution in [0.4, 0.5) is 11.8 Å². The van der Waals surface area contributed by atoms with Gasteiger partial charge >= 0.3 is 7.60 Å². The second kappa shape index (κ2) is 12.2.